The fourth-order valence-electron chi connectivity index (χ4n) is 1.82. The van der Waals surface area contributed by atoms with Crippen LogP contribution in [0.25, 0.3) is 0 Å². The molecule has 0 saturated heterocycles. The number of thiazole rings is 1. The summed E-state index contributed by atoms with van der Waals surface area (Å²) in [5, 5.41) is 12.0. The molecule has 0 radical (unpaired) electrons. The van der Waals surface area contributed by atoms with Gasteiger partial charge >= 0.3 is 5.97 Å². The summed E-state index contributed by atoms with van der Waals surface area (Å²) in [6.45, 7) is 8.30. The predicted octanol–water partition coefficient (Wildman–Crippen LogP) is 3.39. The van der Waals surface area contributed by atoms with Gasteiger partial charge in [-0.2, -0.15) is 0 Å². The lowest BCUT2D eigenvalue weighted by molar-refractivity contribution is -0.139. The van der Waals surface area contributed by atoms with Crippen LogP contribution in [0, 0.1) is 11.3 Å². The van der Waals surface area contributed by atoms with E-state index in [-0.39, 0.29) is 11.8 Å². The molecular formula is C13H21NO2S. The molecule has 0 bridgehead atoms. The number of aliphatic carboxylic acids is 1. The number of nitrogens with zero attached hydrogens (tertiary/aromatic N) is 1. The van der Waals surface area contributed by atoms with E-state index in [0.717, 1.165) is 23.5 Å². The third kappa shape index (κ3) is 5.31. The van der Waals surface area contributed by atoms with Gasteiger partial charge in [0.05, 0.1) is 17.1 Å². The van der Waals surface area contributed by atoms with Gasteiger partial charge in [-0.3, -0.25) is 4.79 Å². The van der Waals surface area contributed by atoms with Gasteiger partial charge in [0.25, 0.3) is 0 Å². The second kappa shape index (κ2) is 5.63. The van der Waals surface area contributed by atoms with Crippen molar-refractivity contribution in [2.75, 3.05) is 0 Å². The standard InChI is InChI=1S/C13H21NO2S/c1-9(2)5-10-8-17-11(14-10)6-13(3,4)7-12(15)16/h8-9H,5-7H2,1-4H3,(H,15,16). The first-order chi connectivity index (χ1) is 7.78. The minimum atomic E-state index is -0.742. The summed E-state index contributed by atoms with van der Waals surface area (Å²) in [5.41, 5.74) is 0.907. The fraction of sp³-hybridized carbons (Fsp3) is 0.692. The maximum atomic E-state index is 10.7. The monoisotopic (exact) mass is 255 g/mol. The molecule has 1 aromatic heterocycles. The number of carbonyl (C=O) groups is 1. The first-order valence-electron chi connectivity index (χ1n) is 5.93. The van der Waals surface area contributed by atoms with Crippen LogP contribution in [-0.4, -0.2) is 16.1 Å². The molecule has 0 atom stereocenters. The quantitative estimate of drug-likeness (QED) is 0.847. The van der Waals surface area contributed by atoms with Crippen LogP contribution in [0.3, 0.4) is 0 Å². The van der Waals surface area contributed by atoms with E-state index in [9.17, 15) is 4.79 Å². The zero-order chi connectivity index (χ0) is 13.1. The van der Waals surface area contributed by atoms with E-state index >= 15 is 0 Å². The van der Waals surface area contributed by atoms with E-state index < -0.39 is 5.97 Å². The normalized spacial score (nSPS) is 12.1. The lowest BCUT2D eigenvalue weighted by Crippen LogP contribution is -2.19. The van der Waals surface area contributed by atoms with Crippen molar-refractivity contribution >= 4 is 17.3 Å². The Balaban J connectivity index is 2.62. The van der Waals surface area contributed by atoms with Crippen molar-refractivity contribution in [2.45, 2.75) is 47.0 Å². The predicted molar refractivity (Wildman–Crippen MR) is 70.4 cm³/mol. The Kier molecular flexibility index (Phi) is 4.69. The topological polar surface area (TPSA) is 50.2 Å². The first-order valence-corrected chi connectivity index (χ1v) is 6.81. The van der Waals surface area contributed by atoms with Crippen molar-refractivity contribution in [1.82, 2.24) is 4.98 Å². The highest BCUT2D eigenvalue weighted by Gasteiger charge is 2.23. The molecule has 0 aliphatic heterocycles. The lowest BCUT2D eigenvalue weighted by Gasteiger charge is -2.20. The third-order valence-electron chi connectivity index (χ3n) is 2.48. The number of hydrogen-bond acceptors (Lipinski definition) is 3. The summed E-state index contributed by atoms with van der Waals surface area (Å²) in [6, 6.07) is 0. The smallest absolute Gasteiger partial charge is 0.303 e. The van der Waals surface area contributed by atoms with Gasteiger partial charge in [-0.05, 0) is 17.8 Å². The average Bonchev–Trinajstić information content (AvgIpc) is 2.46. The van der Waals surface area contributed by atoms with Crippen LogP contribution in [0.2, 0.25) is 0 Å². The fourth-order valence-corrected chi connectivity index (χ4v) is 2.89. The number of rotatable bonds is 6. The van der Waals surface area contributed by atoms with Gasteiger partial charge in [0.1, 0.15) is 0 Å². The second-order valence-corrected chi connectivity index (χ2v) is 6.68. The maximum absolute atomic E-state index is 10.7. The summed E-state index contributed by atoms with van der Waals surface area (Å²) in [5.74, 6) is -0.133. The molecular weight excluding hydrogens is 234 g/mol. The molecule has 96 valence electrons. The Labute approximate surface area is 107 Å². The molecule has 0 amide bonds. The number of aromatic nitrogens is 1. The van der Waals surface area contributed by atoms with Crippen LogP contribution < -0.4 is 0 Å². The lowest BCUT2D eigenvalue weighted by atomic mass is 9.86. The Morgan fingerprint density at radius 1 is 1.53 bits per heavy atom. The summed E-state index contributed by atoms with van der Waals surface area (Å²) in [7, 11) is 0. The maximum Gasteiger partial charge on any atom is 0.303 e. The molecule has 1 heterocycles. The van der Waals surface area contributed by atoms with Crippen LogP contribution in [0.5, 0.6) is 0 Å². The molecule has 0 aromatic carbocycles. The molecule has 17 heavy (non-hydrogen) atoms. The minimum Gasteiger partial charge on any atom is -0.481 e. The van der Waals surface area contributed by atoms with Crippen LogP contribution >= 0.6 is 11.3 Å². The van der Waals surface area contributed by atoms with Crippen LogP contribution in [0.1, 0.15) is 44.8 Å². The molecule has 0 saturated carbocycles. The van der Waals surface area contributed by atoms with Crippen molar-refractivity contribution in [1.29, 1.82) is 0 Å². The minimum absolute atomic E-state index is 0.187. The van der Waals surface area contributed by atoms with Crippen molar-refractivity contribution in [3.63, 3.8) is 0 Å². The Hall–Kier alpha value is -0.900. The highest BCUT2D eigenvalue weighted by Crippen LogP contribution is 2.27. The molecule has 0 unspecified atom stereocenters. The zero-order valence-electron chi connectivity index (χ0n) is 11.0. The molecule has 0 aliphatic carbocycles. The van der Waals surface area contributed by atoms with E-state index in [1.54, 1.807) is 11.3 Å². The average molecular weight is 255 g/mol. The highest BCUT2D eigenvalue weighted by molar-refractivity contribution is 7.09. The zero-order valence-corrected chi connectivity index (χ0v) is 11.8. The van der Waals surface area contributed by atoms with Gasteiger partial charge in [0, 0.05) is 11.8 Å². The largest absolute Gasteiger partial charge is 0.481 e. The van der Waals surface area contributed by atoms with Crippen molar-refractivity contribution in [3.05, 3.63) is 16.1 Å². The van der Waals surface area contributed by atoms with Crippen molar-refractivity contribution < 1.29 is 9.90 Å². The number of hydrogen-bond donors (Lipinski definition) is 1. The van der Waals surface area contributed by atoms with E-state index in [4.69, 9.17) is 5.11 Å². The Morgan fingerprint density at radius 2 is 2.18 bits per heavy atom. The molecule has 1 N–H and O–H groups in total. The van der Waals surface area contributed by atoms with Crippen molar-refractivity contribution in [3.8, 4) is 0 Å². The molecule has 1 aromatic rings. The number of carboxylic acids is 1. The number of carboxylic acid groups (broad SMARTS) is 1. The van der Waals surface area contributed by atoms with E-state index in [1.807, 2.05) is 13.8 Å². The first kappa shape index (κ1) is 14.2. The van der Waals surface area contributed by atoms with Crippen LogP contribution in [0.4, 0.5) is 0 Å². The third-order valence-corrected chi connectivity index (χ3v) is 3.37. The van der Waals surface area contributed by atoms with Gasteiger partial charge < -0.3 is 5.11 Å². The van der Waals surface area contributed by atoms with Gasteiger partial charge in [0.15, 0.2) is 0 Å². The Bertz CT molecular complexity index is 383. The SMILES string of the molecule is CC(C)Cc1csc(CC(C)(C)CC(=O)O)n1. The summed E-state index contributed by atoms with van der Waals surface area (Å²) in [6.07, 6.45) is 1.92. The molecule has 1 rings (SSSR count). The van der Waals surface area contributed by atoms with E-state index in [0.29, 0.717) is 5.92 Å². The van der Waals surface area contributed by atoms with Crippen LogP contribution in [0.15, 0.2) is 5.38 Å². The van der Waals surface area contributed by atoms with Crippen LogP contribution in [-0.2, 0) is 17.6 Å². The Morgan fingerprint density at radius 3 is 2.71 bits per heavy atom. The van der Waals surface area contributed by atoms with E-state index in [2.05, 4.69) is 24.2 Å². The summed E-state index contributed by atoms with van der Waals surface area (Å²) >= 11 is 1.64. The second-order valence-electron chi connectivity index (χ2n) is 5.74. The summed E-state index contributed by atoms with van der Waals surface area (Å²) in [4.78, 5) is 15.3. The molecule has 0 spiro atoms. The molecule has 3 nitrogen and oxygen atoms in total. The molecule has 0 fully saturated rings. The van der Waals surface area contributed by atoms with E-state index in [1.165, 1.54) is 0 Å². The molecule has 4 heteroatoms. The van der Waals surface area contributed by atoms with Gasteiger partial charge in [-0.15, -0.1) is 11.3 Å². The summed E-state index contributed by atoms with van der Waals surface area (Å²) < 4.78 is 0. The van der Waals surface area contributed by atoms with Crippen molar-refractivity contribution in [2.24, 2.45) is 11.3 Å². The van der Waals surface area contributed by atoms with Gasteiger partial charge in [-0.25, -0.2) is 4.98 Å². The highest BCUT2D eigenvalue weighted by atomic mass is 32.1. The molecule has 0 aliphatic rings. The van der Waals surface area contributed by atoms with Gasteiger partial charge in [0.2, 0.25) is 0 Å². The van der Waals surface area contributed by atoms with Gasteiger partial charge in [-0.1, -0.05) is 27.7 Å².